The van der Waals surface area contributed by atoms with Crippen LogP contribution in [-0.2, 0) is 9.53 Å². The van der Waals surface area contributed by atoms with Crippen molar-refractivity contribution in [2.24, 2.45) is 0 Å². The number of carboxylic acids is 1. The van der Waals surface area contributed by atoms with Crippen molar-refractivity contribution in [3.63, 3.8) is 0 Å². The number of carboxylic acid groups (broad SMARTS) is 1. The molecule has 12 heavy (non-hydrogen) atoms. The van der Waals surface area contributed by atoms with Crippen LogP contribution in [0.15, 0.2) is 6.58 Å². The number of ether oxygens (including phenoxy) is 1. The molecule has 1 rings (SSSR count). The molecule has 1 atom stereocenters. The average Bonchev–Trinajstić information content (AvgIpc) is 2.42. The second-order valence-corrected chi connectivity index (χ2v) is 1.84. The van der Waals surface area contributed by atoms with Crippen LogP contribution >= 0.6 is 0 Å². The predicted molar refractivity (Wildman–Crippen MR) is 42.3 cm³/mol. The second-order valence-electron chi connectivity index (χ2n) is 1.84. The van der Waals surface area contributed by atoms with Gasteiger partial charge in [0, 0.05) is 6.61 Å². The van der Waals surface area contributed by atoms with Crippen LogP contribution in [0.2, 0.25) is 0 Å². The van der Waals surface area contributed by atoms with E-state index in [0.717, 1.165) is 6.42 Å². The van der Waals surface area contributed by atoms with Crippen molar-refractivity contribution < 1.29 is 27.0 Å². The molecule has 0 bridgehead atoms. The SMILES string of the molecule is O=C(O)C1CCCO1.[CH-]=C.[Cl-].[Mg+2]. The molecular formula is C7H11ClMgO3. The Balaban J connectivity index is -0.000000189. The van der Waals surface area contributed by atoms with Crippen LogP contribution in [0.1, 0.15) is 12.8 Å². The number of halogens is 1. The van der Waals surface area contributed by atoms with Crippen LogP contribution in [0.5, 0.6) is 0 Å². The first-order chi connectivity index (χ1) is 4.80. The van der Waals surface area contributed by atoms with Crippen LogP contribution in [-0.4, -0.2) is 46.8 Å². The molecule has 0 saturated carbocycles. The van der Waals surface area contributed by atoms with Gasteiger partial charge in [0.2, 0.25) is 0 Å². The number of rotatable bonds is 1. The molecule has 1 saturated heterocycles. The van der Waals surface area contributed by atoms with Gasteiger partial charge in [0.15, 0.2) is 6.10 Å². The minimum absolute atomic E-state index is 0. The molecule has 1 unspecified atom stereocenters. The van der Waals surface area contributed by atoms with Gasteiger partial charge in [-0.3, -0.25) is 6.58 Å². The summed E-state index contributed by atoms with van der Waals surface area (Å²) in [4.78, 5) is 10.1. The van der Waals surface area contributed by atoms with Gasteiger partial charge in [-0.2, -0.15) is 0 Å². The van der Waals surface area contributed by atoms with E-state index in [9.17, 15) is 4.79 Å². The Morgan fingerprint density at radius 1 is 1.58 bits per heavy atom. The Hall–Kier alpha value is 0.226. The fourth-order valence-electron chi connectivity index (χ4n) is 0.772. The van der Waals surface area contributed by atoms with E-state index >= 15 is 0 Å². The van der Waals surface area contributed by atoms with Gasteiger partial charge in [-0.25, -0.2) is 4.79 Å². The van der Waals surface area contributed by atoms with E-state index in [1.165, 1.54) is 0 Å². The van der Waals surface area contributed by atoms with Gasteiger partial charge < -0.3 is 28.8 Å². The molecule has 1 N–H and O–H groups in total. The van der Waals surface area contributed by atoms with Crippen molar-refractivity contribution in [1.29, 1.82) is 0 Å². The van der Waals surface area contributed by atoms with Crippen molar-refractivity contribution in [3.05, 3.63) is 13.2 Å². The first-order valence-corrected chi connectivity index (χ1v) is 3.06. The standard InChI is InChI=1S/C5H8O3.C2H3.ClH.Mg/c6-5(7)4-2-1-3-8-4;1-2;;/h4H,1-3H2,(H,6,7);1H,2H2;1H;/q;-1;;+2/p-1. The molecule has 5 heteroatoms. The zero-order valence-electron chi connectivity index (χ0n) is 6.83. The molecule has 0 radical (unpaired) electrons. The van der Waals surface area contributed by atoms with Crippen molar-refractivity contribution in [1.82, 2.24) is 0 Å². The van der Waals surface area contributed by atoms with Gasteiger partial charge in [0.25, 0.3) is 0 Å². The quantitative estimate of drug-likeness (QED) is 0.377. The summed E-state index contributed by atoms with van der Waals surface area (Å²) in [6, 6.07) is 0. The molecule has 1 heterocycles. The summed E-state index contributed by atoms with van der Waals surface area (Å²) in [6.45, 7) is 7.61. The van der Waals surface area contributed by atoms with Crippen LogP contribution < -0.4 is 12.4 Å². The van der Waals surface area contributed by atoms with Crippen molar-refractivity contribution in [2.45, 2.75) is 18.9 Å². The van der Waals surface area contributed by atoms with Gasteiger partial charge >= 0.3 is 29.0 Å². The molecular weight excluding hydrogens is 192 g/mol. The molecule has 0 spiro atoms. The fourth-order valence-corrected chi connectivity index (χ4v) is 0.772. The Labute approximate surface area is 94.7 Å². The van der Waals surface area contributed by atoms with Crippen LogP contribution in [0.3, 0.4) is 0 Å². The molecule has 0 amide bonds. The molecule has 1 aliphatic rings. The van der Waals surface area contributed by atoms with Crippen molar-refractivity contribution in [3.8, 4) is 0 Å². The number of hydrogen-bond donors (Lipinski definition) is 1. The van der Waals surface area contributed by atoms with Crippen LogP contribution in [0, 0.1) is 6.58 Å². The number of hydrogen-bond acceptors (Lipinski definition) is 2. The summed E-state index contributed by atoms with van der Waals surface area (Å²) in [5, 5.41) is 8.29. The maximum absolute atomic E-state index is 10.1. The Kier molecular flexibility index (Phi) is 16.9. The Morgan fingerprint density at radius 3 is 2.25 bits per heavy atom. The molecule has 66 valence electrons. The smallest absolute Gasteiger partial charge is 1.00 e. The summed E-state index contributed by atoms with van der Waals surface area (Å²) in [6.07, 6.45) is 1.04. The molecule has 0 aromatic heterocycles. The van der Waals surface area contributed by atoms with E-state index in [2.05, 4.69) is 13.2 Å². The van der Waals surface area contributed by atoms with Gasteiger partial charge in [0.05, 0.1) is 0 Å². The van der Waals surface area contributed by atoms with Gasteiger partial charge in [-0.05, 0) is 12.8 Å². The first-order valence-electron chi connectivity index (χ1n) is 3.06. The van der Waals surface area contributed by atoms with Gasteiger partial charge in [-0.15, -0.1) is 0 Å². The molecule has 3 nitrogen and oxygen atoms in total. The number of aliphatic carboxylic acids is 1. The Morgan fingerprint density at radius 2 is 2.08 bits per heavy atom. The summed E-state index contributed by atoms with van der Waals surface area (Å²) in [7, 11) is 0. The third kappa shape index (κ3) is 6.91. The molecule has 0 aromatic rings. The average molecular weight is 203 g/mol. The summed E-state index contributed by atoms with van der Waals surface area (Å²) >= 11 is 0. The second kappa shape index (κ2) is 11.2. The van der Waals surface area contributed by atoms with Crippen molar-refractivity contribution >= 4 is 29.0 Å². The summed E-state index contributed by atoms with van der Waals surface area (Å²) in [5.41, 5.74) is 0. The first kappa shape index (κ1) is 18.1. The fraction of sp³-hybridized carbons (Fsp3) is 0.571. The number of carbonyl (C=O) groups is 1. The monoisotopic (exact) mass is 202 g/mol. The minimum Gasteiger partial charge on any atom is -1.00 e. The molecule has 1 fully saturated rings. The third-order valence-corrected chi connectivity index (χ3v) is 1.21. The maximum Gasteiger partial charge on any atom is 2.00 e. The van der Waals surface area contributed by atoms with E-state index in [0.29, 0.717) is 13.0 Å². The molecule has 1 aliphatic heterocycles. The Bertz CT molecular complexity index is 115. The zero-order valence-corrected chi connectivity index (χ0v) is 9.00. The van der Waals surface area contributed by atoms with E-state index < -0.39 is 12.1 Å². The van der Waals surface area contributed by atoms with Crippen LogP contribution in [0.25, 0.3) is 0 Å². The van der Waals surface area contributed by atoms with E-state index in [1.807, 2.05) is 0 Å². The zero-order chi connectivity index (χ0) is 7.98. The summed E-state index contributed by atoms with van der Waals surface area (Å²) < 4.78 is 4.81. The van der Waals surface area contributed by atoms with Crippen LogP contribution in [0.4, 0.5) is 0 Å². The minimum atomic E-state index is -0.831. The van der Waals surface area contributed by atoms with Gasteiger partial charge in [0.1, 0.15) is 0 Å². The van der Waals surface area contributed by atoms with E-state index in [4.69, 9.17) is 9.84 Å². The van der Waals surface area contributed by atoms with E-state index in [-0.39, 0.29) is 35.5 Å². The normalized spacial score (nSPS) is 19.2. The topological polar surface area (TPSA) is 46.5 Å². The van der Waals surface area contributed by atoms with E-state index in [1.54, 1.807) is 0 Å². The molecule has 0 aromatic carbocycles. The van der Waals surface area contributed by atoms with Gasteiger partial charge in [-0.1, -0.05) is 0 Å². The molecule has 0 aliphatic carbocycles. The predicted octanol–water partition coefficient (Wildman–Crippen LogP) is -2.52. The maximum atomic E-state index is 10.1. The summed E-state index contributed by atoms with van der Waals surface area (Å²) in [5.74, 6) is -0.831. The largest absolute Gasteiger partial charge is 2.00 e. The third-order valence-electron chi connectivity index (χ3n) is 1.21. The van der Waals surface area contributed by atoms with Crippen molar-refractivity contribution in [2.75, 3.05) is 6.61 Å².